The molecule has 54 heavy (non-hydrogen) atoms. The molecule has 0 aliphatic carbocycles. The van der Waals surface area contributed by atoms with E-state index in [1.54, 1.807) is 6.08 Å². The van der Waals surface area contributed by atoms with Crippen LogP contribution in [0.25, 0.3) is 0 Å². The van der Waals surface area contributed by atoms with Gasteiger partial charge in [0, 0.05) is 12.8 Å². The minimum absolute atomic E-state index is 0.118. The van der Waals surface area contributed by atoms with Crippen molar-refractivity contribution in [1.29, 1.82) is 0 Å². The van der Waals surface area contributed by atoms with Gasteiger partial charge in [-0.3, -0.25) is 14.4 Å². The predicted molar refractivity (Wildman–Crippen MR) is 228 cm³/mol. The fraction of sp³-hybridized carbons (Fsp3) is 0.562. The van der Waals surface area contributed by atoms with E-state index in [0.717, 1.165) is 96.3 Å². The molecule has 0 N–H and O–H groups in total. The second kappa shape index (κ2) is 41.8. The zero-order valence-electron chi connectivity index (χ0n) is 34.2. The lowest BCUT2D eigenvalue weighted by Crippen LogP contribution is -2.30. The standard InChI is InChI=1S/C48H74O6/c1-4-7-10-13-16-19-21-22-23-24-25-27-29-32-35-38-41-47(50)53-44-45(43-52-46(49)40-37-34-31-28-18-15-12-9-6-3)54-48(51)42-39-36-33-30-26-20-17-14-11-8-5-2/h7-12,16-20,22-23,28,30,33-34,37,45H,4-6,13-15,21,24-27,29,31-32,35-36,38-44H2,1-3H3/b10-7-,11-8-,12-9-,19-16-,20-17-,23-22-,28-18-,33-30-,37-34-. The molecule has 0 aromatic heterocycles. The first-order valence-corrected chi connectivity index (χ1v) is 20.9. The molecule has 1 unspecified atom stereocenters. The summed E-state index contributed by atoms with van der Waals surface area (Å²) in [5.41, 5.74) is 0. The number of rotatable bonds is 35. The smallest absolute Gasteiger partial charge is 0.309 e. The van der Waals surface area contributed by atoms with Gasteiger partial charge < -0.3 is 14.2 Å². The minimum atomic E-state index is -0.844. The van der Waals surface area contributed by atoms with E-state index in [9.17, 15) is 14.4 Å². The van der Waals surface area contributed by atoms with Gasteiger partial charge >= 0.3 is 17.9 Å². The number of hydrogen-bond acceptors (Lipinski definition) is 6. The summed E-state index contributed by atoms with van der Waals surface area (Å²) >= 11 is 0. The van der Waals surface area contributed by atoms with Crippen LogP contribution in [0.4, 0.5) is 0 Å². The molecule has 0 heterocycles. The van der Waals surface area contributed by atoms with E-state index in [2.05, 4.69) is 118 Å². The molecule has 0 radical (unpaired) electrons. The maximum atomic E-state index is 12.6. The van der Waals surface area contributed by atoms with Crippen molar-refractivity contribution in [2.75, 3.05) is 13.2 Å². The highest BCUT2D eigenvalue weighted by Crippen LogP contribution is 2.11. The monoisotopic (exact) mass is 747 g/mol. The Kier molecular flexibility index (Phi) is 38.8. The molecule has 0 rings (SSSR count). The third-order valence-corrected chi connectivity index (χ3v) is 8.04. The quantitative estimate of drug-likeness (QED) is 0.0278. The van der Waals surface area contributed by atoms with E-state index in [-0.39, 0.29) is 32.0 Å². The summed E-state index contributed by atoms with van der Waals surface area (Å²) in [7, 11) is 0. The summed E-state index contributed by atoms with van der Waals surface area (Å²) in [6.07, 6.45) is 55.5. The highest BCUT2D eigenvalue weighted by Gasteiger charge is 2.19. The van der Waals surface area contributed by atoms with Gasteiger partial charge in [-0.15, -0.1) is 0 Å². The Balaban J connectivity index is 4.52. The zero-order valence-corrected chi connectivity index (χ0v) is 34.2. The van der Waals surface area contributed by atoms with Crippen molar-refractivity contribution in [2.45, 2.75) is 162 Å². The number of esters is 3. The molecule has 0 aliphatic rings. The van der Waals surface area contributed by atoms with Crippen LogP contribution < -0.4 is 0 Å². The SMILES string of the molecule is CC/C=C\C/C=C\C/C=C\CCCCCCCCC(=O)OCC(COC(=O)C/C=C\C/C=C\C/C=C\CC)OC(=O)CCC/C=C\C/C=C\C/C=C\CC. The predicted octanol–water partition coefficient (Wildman–Crippen LogP) is 13.2. The van der Waals surface area contributed by atoms with Crippen molar-refractivity contribution < 1.29 is 28.6 Å². The van der Waals surface area contributed by atoms with Gasteiger partial charge in [0.25, 0.3) is 0 Å². The number of hydrogen-bond donors (Lipinski definition) is 0. The van der Waals surface area contributed by atoms with Gasteiger partial charge in [-0.2, -0.15) is 0 Å². The number of allylic oxidation sites excluding steroid dienone is 17. The molecular formula is C48H74O6. The highest BCUT2D eigenvalue weighted by molar-refractivity contribution is 5.72. The Morgan fingerprint density at radius 2 is 0.759 bits per heavy atom. The van der Waals surface area contributed by atoms with Gasteiger partial charge in [0.2, 0.25) is 0 Å². The average Bonchev–Trinajstić information content (AvgIpc) is 3.17. The van der Waals surface area contributed by atoms with Crippen molar-refractivity contribution >= 4 is 17.9 Å². The Morgan fingerprint density at radius 1 is 0.389 bits per heavy atom. The third-order valence-electron chi connectivity index (χ3n) is 8.04. The second-order valence-electron chi connectivity index (χ2n) is 13.1. The number of unbranched alkanes of at least 4 members (excludes halogenated alkanes) is 7. The van der Waals surface area contributed by atoms with Crippen LogP contribution in [0.5, 0.6) is 0 Å². The van der Waals surface area contributed by atoms with Crippen molar-refractivity contribution in [1.82, 2.24) is 0 Å². The lowest BCUT2D eigenvalue weighted by molar-refractivity contribution is -0.166. The maximum absolute atomic E-state index is 12.6. The molecule has 0 fully saturated rings. The summed E-state index contributed by atoms with van der Waals surface area (Å²) in [4.78, 5) is 37.5. The van der Waals surface area contributed by atoms with Crippen LogP contribution in [0.1, 0.15) is 156 Å². The molecule has 6 heteroatoms. The molecule has 1 atom stereocenters. The van der Waals surface area contributed by atoms with E-state index in [1.807, 2.05) is 6.08 Å². The minimum Gasteiger partial charge on any atom is -0.462 e. The Morgan fingerprint density at radius 3 is 1.26 bits per heavy atom. The van der Waals surface area contributed by atoms with Crippen molar-refractivity contribution in [3.63, 3.8) is 0 Å². The highest BCUT2D eigenvalue weighted by atomic mass is 16.6. The van der Waals surface area contributed by atoms with Crippen LogP contribution in [0.15, 0.2) is 109 Å². The van der Waals surface area contributed by atoms with Gasteiger partial charge in [-0.25, -0.2) is 0 Å². The summed E-state index contributed by atoms with van der Waals surface area (Å²) in [5, 5.41) is 0. The van der Waals surface area contributed by atoms with E-state index in [4.69, 9.17) is 14.2 Å². The normalized spacial score (nSPS) is 13.2. The van der Waals surface area contributed by atoms with Gasteiger partial charge in [0.1, 0.15) is 13.2 Å². The van der Waals surface area contributed by atoms with E-state index >= 15 is 0 Å². The topological polar surface area (TPSA) is 78.9 Å². The van der Waals surface area contributed by atoms with Crippen LogP contribution >= 0.6 is 0 Å². The molecule has 0 aromatic carbocycles. The fourth-order valence-corrected chi connectivity index (χ4v) is 5.01. The molecular weight excluding hydrogens is 673 g/mol. The van der Waals surface area contributed by atoms with Gasteiger partial charge in [0.05, 0.1) is 6.42 Å². The first-order chi connectivity index (χ1) is 26.5. The van der Waals surface area contributed by atoms with Gasteiger partial charge in [-0.05, 0) is 89.9 Å². The molecule has 0 aromatic rings. The molecule has 6 nitrogen and oxygen atoms in total. The lowest BCUT2D eigenvalue weighted by atomic mass is 10.1. The summed E-state index contributed by atoms with van der Waals surface area (Å²) in [6, 6.07) is 0. The summed E-state index contributed by atoms with van der Waals surface area (Å²) in [5.74, 6) is -1.15. The summed E-state index contributed by atoms with van der Waals surface area (Å²) in [6.45, 7) is 6.09. The molecule has 0 bridgehead atoms. The van der Waals surface area contributed by atoms with E-state index in [1.165, 1.54) is 12.8 Å². The Bertz CT molecular complexity index is 1180. The van der Waals surface area contributed by atoms with Crippen molar-refractivity contribution in [3.05, 3.63) is 109 Å². The van der Waals surface area contributed by atoms with Gasteiger partial charge in [-0.1, -0.05) is 156 Å². The first-order valence-electron chi connectivity index (χ1n) is 20.9. The molecule has 0 aliphatic heterocycles. The van der Waals surface area contributed by atoms with E-state index < -0.39 is 18.0 Å². The fourth-order valence-electron chi connectivity index (χ4n) is 5.01. The molecule has 0 amide bonds. The molecule has 0 saturated heterocycles. The zero-order chi connectivity index (χ0) is 39.4. The second-order valence-corrected chi connectivity index (χ2v) is 13.1. The van der Waals surface area contributed by atoms with Gasteiger partial charge in [0.15, 0.2) is 6.10 Å². The Hall–Kier alpha value is -3.93. The van der Waals surface area contributed by atoms with Crippen LogP contribution in [-0.4, -0.2) is 37.2 Å². The largest absolute Gasteiger partial charge is 0.462 e. The van der Waals surface area contributed by atoms with E-state index in [0.29, 0.717) is 12.8 Å². The van der Waals surface area contributed by atoms with Crippen LogP contribution in [0.3, 0.4) is 0 Å². The number of carbonyl (C=O) groups excluding carboxylic acids is 3. The summed E-state index contributed by atoms with van der Waals surface area (Å²) < 4.78 is 16.5. The third kappa shape index (κ3) is 39.3. The average molecular weight is 747 g/mol. The molecule has 0 spiro atoms. The maximum Gasteiger partial charge on any atom is 0.309 e. The molecule has 0 saturated carbocycles. The number of ether oxygens (including phenoxy) is 3. The molecule has 302 valence electrons. The first kappa shape index (κ1) is 50.1. The van der Waals surface area contributed by atoms with Crippen LogP contribution in [0, 0.1) is 0 Å². The lowest BCUT2D eigenvalue weighted by Gasteiger charge is -2.18. The Labute approximate surface area is 330 Å². The van der Waals surface area contributed by atoms with Crippen molar-refractivity contribution in [3.8, 4) is 0 Å². The number of carbonyl (C=O) groups is 3. The van der Waals surface area contributed by atoms with Crippen LogP contribution in [0.2, 0.25) is 0 Å². The van der Waals surface area contributed by atoms with Crippen molar-refractivity contribution in [2.24, 2.45) is 0 Å². The van der Waals surface area contributed by atoms with Crippen LogP contribution in [-0.2, 0) is 28.6 Å².